The Balaban J connectivity index is 1.87. The molecule has 1 aromatic carbocycles. The first-order chi connectivity index (χ1) is 11.3. The van der Waals surface area contributed by atoms with E-state index in [1.165, 1.54) is 6.07 Å². The standard InChI is InChI=1S/C13H11FN4O5S/c14-12-7-3-11(23-6-1-2-6)16-15-8(7)4-9(19)13(12)18-5-10(20)17-24(18,21)22/h3-4,6,19H,1-2,5H2,(H,17,20). The number of rotatable bonds is 3. The summed E-state index contributed by atoms with van der Waals surface area (Å²) in [5.74, 6) is -2.40. The monoisotopic (exact) mass is 354 g/mol. The Morgan fingerprint density at radius 2 is 2.08 bits per heavy atom. The molecule has 1 saturated carbocycles. The molecular formula is C13H11FN4O5S. The van der Waals surface area contributed by atoms with Gasteiger partial charge >= 0.3 is 10.2 Å². The third kappa shape index (κ3) is 2.37. The Labute approximate surface area is 135 Å². The zero-order valence-electron chi connectivity index (χ0n) is 12.1. The second-order valence-electron chi connectivity index (χ2n) is 5.53. The van der Waals surface area contributed by atoms with Gasteiger partial charge in [-0.05, 0) is 12.8 Å². The van der Waals surface area contributed by atoms with Gasteiger partial charge in [0.05, 0.1) is 0 Å². The lowest BCUT2D eigenvalue weighted by atomic mass is 10.1. The van der Waals surface area contributed by atoms with Crippen molar-refractivity contribution in [3.63, 3.8) is 0 Å². The van der Waals surface area contributed by atoms with Crippen LogP contribution in [0.25, 0.3) is 10.9 Å². The van der Waals surface area contributed by atoms with Crippen molar-refractivity contribution < 1.29 is 27.4 Å². The number of hydrogen-bond donors (Lipinski definition) is 2. The van der Waals surface area contributed by atoms with E-state index in [0.29, 0.717) is 4.31 Å². The van der Waals surface area contributed by atoms with E-state index in [4.69, 9.17) is 4.74 Å². The molecule has 2 fully saturated rings. The molecule has 11 heteroatoms. The zero-order chi connectivity index (χ0) is 17.1. The van der Waals surface area contributed by atoms with Crippen LogP contribution in [0.1, 0.15) is 12.8 Å². The predicted octanol–water partition coefficient (Wildman–Crippen LogP) is 0.197. The topological polar surface area (TPSA) is 122 Å². The molecule has 126 valence electrons. The van der Waals surface area contributed by atoms with Crippen molar-refractivity contribution in [1.82, 2.24) is 14.9 Å². The van der Waals surface area contributed by atoms with Crippen molar-refractivity contribution in [3.8, 4) is 11.6 Å². The second-order valence-corrected chi connectivity index (χ2v) is 7.12. The molecule has 0 unspecified atom stereocenters. The predicted molar refractivity (Wildman–Crippen MR) is 79.2 cm³/mol. The molecule has 9 nitrogen and oxygen atoms in total. The summed E-state index contributed by atoms with van der Waals surface area (Å²) in [6, 6.07) is 2.37. The number of halogens is 1. The molecule has 0 bridgehead atoms. The number of phenols is 1. The maximum atomic E-state index is 14.9. The minimum absolute atomic E-state index is 0.0252. The van der Waals surface area contributed by atoms with Crippen LogP contribution in [0, 0.1) is 5.82 Å². The molecule has 1 saturated heterocycles. The van der Waals surface area contributed by atoms with E-state index < -0.39 is 39.9 Å². The zero-order valence-corrected chi connectivity index (χ0v) is 12.9. The number of amides is 1. The van der Waals surface area contributed by atoms with E-state index in [1.807, 2.05) is 0 Å². The average Bonchev–Trinajstić information content (AvgIpc) is 3.25. The van der Waals surface area contributed by atoms with Crippen molar-refractivity contribution in [3.05, 3.63) is 17.9 Å². The van der Waals surface area contributed by atoms with Crippen LogP contribution in [0.15, 0.2) is 12.1 Å². The number of phenolic OH excluding ortho intramolecular Hbond substituents is 1. The molecule has 0 atom stereocenters. The van der Waals surface area contributed by atoms with Crippen LogP contribution in [-0.2, 0) is 15.0 Å². The first-order valence-electron chi connectivity index (χ1n) is 7.04. The van der Waals surface area contributed by atoms with Gasteiger partial charge in [0.25, 0.3) is 5.91 Å². The van der Waals surface area contributed by atoms with Gasteiger partial charge in [-0.3, -0.25) is 4.79 Å². The summed E-state index contributed by atoms with van der Waals surface area (Å²) in [5, 5.41) is 17.5. The lowest BCUT2D eigenvalue weighted by Gasteiger charge is -2.17. The number of benzene rings is 1. The van der Waals surface area contributed by atoms with Gasteiger partial charge < -0.3 is 9.84 Å². The van der Waals surface area contributed by atoms with Gasteiger partial charge in [0.1, 0.15) is 29.6 Å². The Morgan fingerprint density at radius 3 is 2.71 bits per heavy atom. The smallest absolute Gasteiger partial charge is 0.326 e. The molecule has 2 aliphatic rings. The highest BCUT2D eigenvalue weighted by molar-refractivity contribution is 7.92. The number of nitrogens with zero attached hydrogens (tertiary/aromatic N) is 3. The normalized spacial score (nSPS) is 19.5. The molecule has 1 aliphatic heterocycles. The highest BCUT2D eigenvalue weighted by atomic mass is 32.2. The first-order valence-corrected chi connectivity index (χ1v) is 8.48. The van der Waals surface area contributed by atoms with Gasteiger partial charge in [0.15, 0.2) is 5.82 Å². The van der Waals surface area contributed by atoms with E-state index >= 15 is 0 Å². The summed E-state index contributed by atoms with van der Waals surface area (Å²) in [6.07, 6.45) is 1.78. The number of carbonyl (C=O) groups is 1. The highest BCUT2D eigenvalue weighted by Crippen LogP contribution is 2.38. The van der Waals surface area contributed by atoms with Gasteiger partial charge in [-0.25, -0.2) is 13.4 Å². The number of hydrogen-bond acceptors (Lipinski definition) is 7. The quantitative estimate of drug-likeness (QED) is 0.807. The molecule has 1 aliphatic carbocycles. The Bertz CT molecular complexity index is 976. The van der Waals surface area contributed by atoms with E-state index in [-0.39, 0.29) is 22.9 Å². The van der Waals surface area contributed by atoms with Crippen molar-refractivity contribution in [1.29, 1.82) is 0 Å². The number of fused-ring (bicyclic) bond motifs is 1. The summed E-state index contributed by atoms with van der Waals surface area (Å²) in [4.78, 5) is 11.3. The summed E-state index contributed by atoms with van der Waals surface area (Å²) in [7, 11) is -4.26. The SMILES string of the molecule is O=C1CN(c2c(O)cc3nnc(OC4CC4)cc3c2F)S(=O)(=O)N1. The number of carbonyl (C=O) groups excluding carboxylic acids is 1. The minimum atomic E-state index is -4.26. The molecule has 0 radical (unpaired) electrons. The van der Waals surface area contributed by atoms with E-state index in [2.05, 4.69) is 10.2 Å². The van der Waals surface area contributed by atoms with E-state index in [9.17, 15) is 22.7 Å². The lowest BCUT2D eigenvalue weighted by molar-refractivity contribution is -0.117. The average molecular weight is 354 g/mol. The molecule has 1 amide bonds. The summed E-state index contributed by atoms with van der Waals surface area (Å²) in [5.41, 5.74) is -0.584. The van der Waals surface area contributed by atoms with Gasteiger partial charge in [0, 0.05) is 17.5 Å². The lowest BCUT2D eigenvalue weighted by Crippen LogP contribution is -2.30. The summed E-state index contributed by atoms with van der Waals surface area (Å²) < 4.78 is 46.3. The number of aromatic hydroxyl groups is 1. The molecular weight excluding hydrogens is 343 g/mol. The van der Waals surface area contributed by atoms with Gasteiger partial charge in [-0.15, -0.1) is 10.2 Å². The van der Waals surface area contributed by atoms with Crippen LogP contribution in [0.5, 0.6) is 11.6 Å². The number of nitrogens with one attached hydrogen (secondary N) is 1. The Hall–Kier alpha value is -2.69. The van der Waals surface area contributed by atoms with Crippen molar-refractivity contribution >= 4 is 32.7 Å². The molecule has 1 aromatic heterocycles. The minimum Gasteiger partial charge on any atom is -0.506 e. The van der Waals surface area contributed by atoms with E-state index in [1.54, 1.807) is 4.72 Å². The Morgan fingerprint density at radius 1 is 1.33 bits per heavy atom. The van der Waals surface area contributed by atoms with Gasteiger partial charge in [0.2, 0.25) is 5.88 Å². The first kappa shape index (κ1) is 14.9. The number of anilines is 1. The van der Waals surface area contributed by atoms with Crippen molar-refractivity contribution in [2.75, 3.05) is 10.8 Å². The van der Waals surface area contributed by atoms with Crippen LogP contribution < -0.4 is 13.8 Å². The number of ether oxygens (including phenoxy) is 1. The van der Waals surface area contributed by atoms with Crippen molar-refractivity contribution in [2.24, 2.45) is 0 Å². The number of aromatic nitrogens is 2. The molecule has 24 heavy (non-hydrogen) atoms. The van der Waals surface area contributed by atoms with Crippen molar-refractivity contribution in [2.45, 2.75) is 18.9 Å². The maximum absolute atomic E-state index is 14.9. The Kier molecular flexibility index (Phi) is 3.04. The van der Waals surface area contributed by atoms with Crippen LogP contribution in [0.3, 0.4) is 0 Å². The van der Waals surface area contributed by atoms with Crippen LogP contribution in [0.4, 0.5) is 10.1 Å². The van der Waals surface area contributed by atoms with Gasteiger partial charge in [-0.2, -0.15) is 8.42 Å². The molecule has 2 N–H and O–H groups in total. The fourth-order valence-electron chi connectivity index (χ4n) is 2.40. The molecule has 0 spiro atoms. The van der Waals surface area contributed by atoms with E-state index in [0.717, 1.165) is 18.9 Å². The van der Waals surface area contributed by atoms with Crippen LogP contribution in [-0.4, -0.2) is 42.3 Å². The third-order valence-electron chi connectivity index (χ3n) is 3.64. The summed E-state index contributed by atoms with van der Waals surface area (Å²) in [6.45, 7) is -0.623. The van der Waals surface area contributed by atoms with Crippen LogP contribution >= 0.6 is 0 Å². The maximum Gasteiger partial charge on any atom is 0.326 e. The largest absolute Gasteiger partial charge is 0.506 e. The molecule has 4 rings (SSSR count). The van der Waals surface area contributed by atoms with Gasteiger partial charge in [-0.1, -0.05) is 0 Å². The third-order valence-corrected chi connectivity index (χ3v) is 5.02. The summed E-state index contributed by atoms with van der Waals surface area (Å²) >= 11 is 0. The molecule has 2 aromatic rings. The highest BCUT2D eigenvalue weighted by Gasteiger charge is 2.38. The fraction of sp³-hybridized carbons (Fsp3) is 0.308. The van der Waals surface area contributed by atoms with Crippen LogP contribution in [0.2, 0.25) is 0 Å². The fourth-order valence-corrected chi connectivity index (χ4v) is 3.56. The second kappa shape index (κ2) is 4.90. The molecule has 2 heterocycles.